The van der Waals surface area contributed by atoms with E-state index in [1.807, 2.05) is 0 Å². The first-order valence-corrected chi connectivity index (χ1v) is 14.8. The van der Waals surface area contributed by atoms with Gasteiger partial charge in [0, 0.05) is 28.8 Å². The van der Waals surface area contributed by atoms with Gasteiger partial charge in [-0.05, 0) is 69.0 Å². The normalized spacial score (nSPS) is 17.3. The van der Waals surface area contributed by atoms with Crippen LogP contribution in [0.2, 0.25) is 0 Å². The molecule has 1 saturated carbocycles. The van der Waals surface area contributed by atoms with Gasteiger partial charge in [-0.1, -0.05) is 0 Å². The van der Waals surface area contributed by atoms with Crippen molar-refractivity contribution in [2.24, 2.45) is 0 Å². The number of nitrogens with one attached hydrogen (secondary N) is 1. The van der Waals surface area contributed by atoms with Crippen LogP contribution in [0.1, 0.15) is 37.4 Å². The van der Waals surface area contributed by atoms with Crippen molar-refractivity contribution in [3.8, 4) is 17.0 Å². The van der Waals surface area contributed by atoms with Crippen molar-refractivity contribution >= 4 is 32.7 Å². The van der Waals surface area contributed by atoms with E-state index in [4.69, 9.17) is 20.3 Å². The second kappa shape index (κ2) is 12.0. The molecule has 0 aliphatic heterocycles. The minimum atomic E-state index is -4.14. The quantitative estimate of drug-likeness (QED) is 0.260. The van der Waals surface area contributed by atoms with Crippen molar-refractivity contribution < 1.29 is 27.4 Å². The molecule has 0 spiro atoms. The summed E-state index contributed by atoms with van der Waals surface area (Å²) in [4.78, 5) is 26.9. The number of aliphatic hydroxyl groups is 1. The SMILES string of the molecule is COc1ncc(-c2cc3c(C)nc(N)nc3n([C@H]3CC[C@H](OCCO)CC3)c2=O)cc1NS(=O)(=O)c1ccc(F)cc1. The number of aromatic nitrogens is 4. The number of rotatable bonds is 9. The number of benzene rings is 1. The van der Waals surface area contributed by atoms with Crippen LogP contribution in [0, 0.1) is 12.7 Å². The molecule has 14 heteroatoms. The minimum absolute atomic E-state index is 0.00260. The fourth-order valence-electron chi connectivity index (χ4n) is 5.26. The van der Waals surface area contributed by atoms with E-state index in [-0.39, 0.29) is 58.9 Å². The van der Waals surface area contributed by atoms with E-state index in [2.05, 4.69) is 19.7 Å². The molecule has 3 aromatic heterocycles. The predicted molar refractivity (Wildman–Crippen MR) is 154 cm³/mol. The second-order valence-electron chi connectivity index (χ2n) is 10.0. The first kappa shape index (κ1) is 29.4. The van der Waals surface area contributed by atoms with Crippen molar-refractivity contribution in [2.45, 2.75) is 49.6 Å². The molecule has 0 amide bonds. The Bertz CT molecular complexity index is 1770. The molecule has 42 heavy (non-hydrogen) atoms. The maximum Gasteiger partial charge on any atom is 0.262 e. The number of nitrogens with two attached hydrogens (primary N) is 1. The van der Waals surface area contributed by atoms with Crippen LogP contribution >= 0.6 is 0 Å². The lowest BCUT2D eigenvalue weighted by Crippen LogP contribution is -2.32. The standard InChI is InChI=1S/C28H31FN6O6S/c1-16-22-14-23(17-13-24(26(40-2)31-15-17)34-42(38,39)21-9-3-18(29)4-10-21)27(37)35(25(22)33-28(30)32-16)19-5-7-20(8-6-19)41-12-11-36/h3-4,9-10,13-15,19-20,34,36H,5-8,11-12H2,1-2H3,(H2,30,32,33)/t19-,20-. The van der Waals surface area contributed by atoms with E-state index in [1.54, 1.807) is 17.6 Å². The highest BCUT2D eigenvalue weighted by atomic mass is 32.2. The lowest BCUT2D eigenvalue weighted by molar-refractivity contribution is 0.00169. The molecule has 4 aromatic rings. The summed E-state index contributed by atoms with van der Waals surface area (Å²) < 4.78 is 54.6. The number of nitrogen functional groups attached to an aromatic ring is 1. The van der Waals surface area contributed by atoms with E-state index < -0.39 is 15.8 Å². The highest BCUT2D eigenvalue weighted by molar-refractivity contribution is 7.92. The summed E-state index contributed by atoms with van der Waals surface area (Å²) in [7, 11) is -2.80. The predicted octanol–water partition coefficient (Wildman–Crippen LogP) is 3.19. The van der Waals surface area contributed by atoms with Crippen LogP contribution in [-0.4, -0.2) is 59.5 Å². The Labute approximate surface area is 241 Å². The zero-order valence-corrected chi connectivity index (χ0v) is 23.9. The molecule has 0 atom stereocenters. The van der Waals surface area contributed by atoms with Gasteiger partial charge < -0.3 is 20.3 Å². The number of aryl methyl sites for hydroxylation is 1. The summed E-state index contributed by atoms with van der Waals surface area (Å²) >= 11 is 0. The second-order valence-corrected chi connectivity index (χ2v) is 11.7. The number of hydrogen-bond acceptors (Lipinski definition) is 10. The zero-order chi connectivity index (χ0) is 30.0. The molecule has 1 aliphatic rings. The van der Waals surface area contributed by atoms with Gasteiger partial charge in [-0.2, -0.15) is 4.98 Å². The molecule has 0 saturated heterocycles. The van der Waals surface area contributed by atoms with Gasteiger partial charge in [0.15, 0.2) is 0 Å². The third-order valence-electron chi connectivity index (χ3n) is 7.28. The molecular formula is C28H31FN6O6S. The summed E-state index contributed by atoms with van der Waals surface area (Å²) in [6.07, 6.45) is 4.09. The van der Waals surface area contributed by atoms with Gasteiger partial charge in [0.25, 0.3) is 15.6 Å². The fraction of sp³-hybridized carbons (Fsp3) is 0.357. The van der Waals surface area contributed by atoms with Gasteiger partial charge >= 0.3 is 0 Å². The molecule has 5 rings (SSSR count). The maximum atomic E-state index is 14.1. The number of aliphatic hydroxyl groups excluding tert-OH is 1. The molecule has 1 fully saturated rings. The Morgan fingerprint density at radius 1 is 1.14 bits per heavy atom. The molecule has 1 aliphatic carbocycles. The topological polar surface area (TPSA) is 172 Å². The number of nitrogens with zero attached hydrogens (tertiary/aromatic N) is 4. The van der Waals surface area contributed by atoms with E-state index in [0.717, 1.165) is 24.3 Å². The lowest BCUT2D eigenvalue weighted by atomic mass is 9.92. The smallest absolute Gasteiger partial charge is 0.262 e. The van der Waals surface area contributed by atoms with Gasteiger partial charge in [0.1, 0.15) is 17.2 Å². The number of pyridine rings is 2. The monoisotopic (exact) mass is 598 g/mol. The van der Waals surface area contributed by atoms with E-state index >= 15 is 0 Å². The van der Waals surface area contributed by atoms with Crippen molar-refractivity contribution in [1.29, 1.82) is 0 Å². The van der Waals surface area contributed by atoms with Crippen molar-refractivity contribution in [3.05, 3.63) is 64.5 Å². The van der Waals surface area contributed by atoms with Crippen LogP contribution in [0.25, 0.3) is 22.2 Å². The Morgan fingerprint density at radius 3 is 2.52 bits per heavy atom. The summed E-state index contributed by atoms with van der Waals surface area (Å²) in [5.74, 6) is -0.543. The van der Waals surface area contributed by atoms with Crippen LogP contribution in [0.4, 0.5) is 16.0 Å². The van der Waals surface area contributed by atoms with Gasteiger partial charge in [-0.15, -0.1) is 0 Å². The minimum Gasteiger partial charge on any atom is -0.480 e. The summed E-state index contributed by atoms with van der Waals surface area (Å²) in [6.45, 7) is 1.97. The summed E-state index contributed by atoms with van der Waals surface area (Å²) in [5.41, 5.74) is 7.21. The number of methoxy groups -OCH3 is 1. The van der Waals surface area contributed by atoms with Crippen molar-refractivity contribution in [2.75, 3.05) is 30.8 Å². The molecule has 222 valence electrons. The highest BCUT2D eigenvalue weighted by Gasteiger charge is 2.27. The van der Waals surface area contributed by atoms with Gasteiger partial charge in [0.05, 0.1) is 37.0 Å². The number of anilines is 2. The fourth-order valence-corrected chi connectivity index (χ4v) is 6.31. The highest BCUT2D eigenvalue weighted by Crippen LogP contribution is 2.34. The Hall–Kier alpha value is -4.14. The average molecular weight is 599 g/mol. The number of halogens is 1. The third kappa shape index (κ3) is 5.91. The van der Waals surface area contributed by atoms with Gasteiger partial charge in [-0.25, -0.2) is 22.8 Å². The lowest BCUT2D eigenvalue weighted by Gasteiger charge is -2.30. The number of ether oxygens (including phenoxy) is 2. The van der Waals surface area contributed by atoms with Crippen LogP contribution in [0.5, 0.6) is 5.88 Å². The van der Waals surface area contributed by atoms with E-state index in [9.17, 15) is 17.6 Å². The van der Waals surface area contributed by atoms with Crippen LogP contribution in [0.3, 0.4) is 0 Å². The number of fused-ring (bicyclic) bond motifs is 1. The molecule has 12 nitrogen and oxygen atoms in total. The molecular weight excluding hydrogens is 567 g/mol. The van der Waals surface area contributed by atoms with Crippen molar-refractivity contribution in [1.82, 2.24) is 19.5 Å². The summed E-state index contributed by atoms with van der Waals surface area (Å²) in [5, 5.41) is 9.71. The Balaban J connectivity index is 1.60. The molecule has 1 aromatic carbocycles. The number of hydrogen-bond donors (Lipinski definition) is 3. The first-order valence-electron chi connectivity index (χ1n) is 13.4. The maximum absolute atomic E-state index is 14.1. The Morgan fingerprint density at radius 2 is 1.86 bits per heavy atom. The molecule has 0 bridgehead atoms. The first-order chi connectivity index (χ1) is 20.1. The molecule has 0 unspecified atom stereocenters. The van der Waals surface area contributed by atoms with E-state index in [0.29, 0.717) is 48.0 Å². The number of sulfonamides is 1. The molecule has 0 radical (unpaired) electrons. The van der Waals surface area contributed by atoms with E-state index in [1.165, 1.54) is 19.4 Å². The van der Waals surface area contributed by atoms with Crippen LogP contribution in [-0.2, 0) is 14.8 Å². The largest absolute Gasteiger partial charge is 0.480 e. The Kier molecular flexibility index (Phi) is 8.38. The molecule has 4 N–H and O–H groups in total. The third-order valence-corrected chi connectivity index (χ3v) is 8.66. The van der Waals surface area contributed by atoms with Gasteiger partial charge in [-0.3, -0.25) is 14.1 Å². The van der Waals surface area contributed by atoms with Crippen molar-refractivity contribution in [3.63, 3.8) is 0 Å². The van der Waals surface area contributed by atoms with Crippen LogP contribution < -0.4 is 20.8 Å². The molecule has 3 heterocycles. The average Bonchev–Trinajstić information content (AvgIpc) is 2.96. The van der Waals surface area contributed by atoms with Crippen LogP contribution in [0.15, 0.2) is 52.3 Å². The van der Waals surface area contributed by atoms with Gasteiger partial charge in [0.2, 0.25) is 11.8 Å². The zero-order valence-electron chi connectivity index (χ0n) is 23.1. The summed E-state index contributed by atoms with van der Waals surface area (Å²) in [6, 6.07) is 7.28.